The molecule has 0 spiro atoms. The first-order chi connectivity index (χ1) is 10.6. The fourth-order valence-corrected chi connectivity index (χ4v) is 2.94. The fourth-order valence-electron chi connectivity index (χ4n) is 2.76. The van der Waals surface area contributed by atoms with Crippen molar-refractivity contribution in [3.8, 4) is 5.75 Å². The van der Waals surface area contributed by atoms with Crippen LogP contribution in [0.2, 0.25) is 5.02 Å². The van der Waals surface area contributed by atoms with E-state index < -0.39 is 0 Å². The van der Waals surface area contributed by atoms with Crippen molar-refractivity contribution in [1.29, 1.82) is 0 Å². The summed E-state index contributed by atoms with van der Waals surface area (Å²) in [4.78, 5) is 0. The van der Waals surface area contributed by atoms with Crippen molar-refractivity contribution in [1.82, 2.24) is 4.57 Å². The lowest BCUT2D eigenvalue weighted by molar-refractivity contribution is 0.293. The Hall–Kier alpha value is -2.13. The van der Waals surface area contributed by atoms with E-state index in [1.165, 1.54) is 0 Å². The number of fused-ring (bicyclic) bond motifs is 1. The predicted molar refractivity (Wildman–Crippen MR) is 92.5 cm³/mol. The van der Waals surface area contributed by atoms with Crippen molar-refractivity contribution in [2.75, 3.05) is 5.73 Å². The van der Waals surface area contributed by atoms with E-state index in [2.05, 4.69) is 30.5 Å². The van der Waals surface area contributed by atoms with Crippen LogP contribution in [0.5, 0.6) is 5.75 Å². The van der Waals surface area contributed by atoms with E-state index in [-0.39, 0.29) is 0 Å². The molecule has 0 unspecified atom stereocenters. The molecule has 0 radical (unpaired) electrons. The molecule has 114 valence electrons. The zero-order valence-electron chi connectivity index (χ0n) is 12.7. The lowest BCUT2D eigenvalue weighted by Gasteiger charge is -2.15. The third-order valence-electron chi connectivity index (χ3n) is 3.70. The number of halogens is 1. The number of anilines is 1. The van der Waals surface area contributed by atoms with E-state index in [1.54, 1.807) is 0 Å². The van der Waals surface area contributed by atoms with E-state index >= 15 is 0 Å². The molecule has 4 heteroatoms. The largest absolute Gasteiger partial charge is 0.487 e. The minimum absolute atomic E-state index is 0.331. The van der Waals surface area contributed by atoms with Gasteiger partial charge in [-0.15, -0.1) is 0 Å². The molecular formula is C18H19ClN2O. The zero-order valence-corrected chi connectivity index (χ0v) is 13.5. The summed E-state index contributed by atoms with van der Waals surface area (Å²) < 4.78 is 8.15. The van der Waals surface area contributed by atoms with Crippen molar-refractivity contribution in [3.63, 3.8) is 0 Å². The molecule has 0 saturated carbocycles. The third kappa shape index (κ3) is 2.77. The van der Waals surface area contributed by atoms with Crippen LogP contribution >= 0.6 is 11.6 Å². The second-order valence-electron chi connectivity index (χ2n) is 5.63. The monoisotopic (exact) mass is 314 g/mol. The van der Waals surface area contributed by atoms with Crippen LogP contribution in [0, 0.1) is 0 Å². The number of nitrogen functional groups attached to an aromatic ring is 1. The summed E-state index contributed by atoms with van der Waals surface area (Å²) in [6.45, 7) is 4.80. The standard InChI is InChI=1S/C18H19ClN2O/c1-12(2)21-14(10-16-17(20)7-4-8-18(16)21)11-22-15-6-3-5-13(19)9-15/h3-10,12H,11,20H2,1-2H3. The molecule has 0 aliphatic carbocycles. The average Bonchev–Trinajstić information content (AvgIpc) is 2.85. The van der Waals surface area contributed by atoms with Gasteiger partial charge >= 0.3 is 0 Å². The smallest absolute Gasteiger partial charge is 0.128 e. The van der Waals surface area contributed by atoms with Gasteiger partial charge in [0.1, 0.15) is 12.4 Å². The van der Waals surface area contributed by atoms with E-state index in [4.69, 9.17) is 22.1 Å². The Morgan fingerprint density at radius 3 is 2.64 bits per heavy atom. The summed E-state index contributed by atoms with van der Waals surface area (Å²) >= 11 is 5.99. The predicted octanol–water partition coefficient (Wildman–Crippen LogP) is 5.04. The summed E-state index contributed by atoms with van der Waals surface area (Å²) in [5, 5.41) is 1.74. The lowest BCUT2D eigenvalue weighted by atomic mass is 10.2. The average molecular weight is 315 g/mol. The van der Waals surface area contributed by atoms with Crippen molar-refractivity contribution in [2.45, 2.75) is 26.5 Å². The molecule has 3 rings (SSSR count). The van der Waals surface area contributed by atoms with Crippen LogP contribution < -0.4 is 10.5 Å². The third-order valence-corrected chi connectivity index (χ3v) is 3.93. The number of rotatable bonds is 4. The number of ether oxygens (including phenoxy) is 1. The highest BCUT2D eigenvalue weighted by molar-refractivity contribution is 6.30. The highest BCUT2D eigenvalue weighted by atomic mass is 35.5. The number of hydrogen-bond donors (Lipinski definition) is 1. The molecule has 0 saturated heterocycles. The van der Waals surface area contributed by atoms with Gasteiger partial charge in [0.25, 0.3) is 0 Å². The molecule has 0 atom stereocenters. The molecule has 0 bridgehead atoms. The second kappa shape index (κ2) is 5.93. The van der Waals surface area contributed by atoms with E-state index in [9.17, 15) is 0 Å². The first-order valence-electron chi connectivity index (χ1n) is 7.33. The fraction of sp³-hybridized carbons (Fsp3) is 0.222. The van der Waals surface area contributed by atoms with Crippen molar-refractivity contribution >= 4 is 28.2 Å². The topological polar surface area (TPSA) is 40.2 Å². The summed E-state index contributed by atoms with van der Waals surface area (Å²) in [6, 6.07) is 15.9. The molecule has 2 aromatic carbocycles. The van der Waals surface area contributed by atoms with Crippen molar-refractivity contribution < 1.29 is 4.74 Å². The van der Waals surface area contributed by atoms with Crippen LogP contribution in [0.15, 0.2) is 48.5 Å². The number of nitrogens with two attached hydrogens (primary N) is 1. The van der Waals surface area contributed by atoms with Crippen molar-refractivity contribution in [2.24, 2.45) is 0 Å². The highest BCUT2D eigenvalue weighted by Crippen LogP contribution is 2.29. The first kappa shape index (κ1) is 14.8. The quantitative estimate of drug-likeness (QED) is 0.685. The summed E-state index contributed by atoms with van der Waals surface area (Å²) in [6.07, 6.45) is 0. The maximum atomic E-state index is 6.09. The van der Waals surface area contributed by atoms with Crippen LogP contribution in [0.25, 0.3) is 10.9 Å². The maximum absolute atomic E-state index is 6.09. The van der Waals surface area contributed by atoms with E-state index in [0.717, 1.165) is 28.0 Å². The van der Waals surface area contributed by atoms with Crippen molar-refractivity contribution in [3.05, 3.63) is 59.2 Å². The number of nitrogens with zero attached hydrogens (tertiary/aromatic N) is 1. The Balaban J connectivity index is 1.96. The number of hydrogen-bond acceptors (Lipinski definition) is 2. The molecule has 1 aromatic heterocycles. The Labute approximate surface area is 135 Å². The van der Waals surface area contributed by atoms with Gasteiger partial charge in [0.05, 0.1) is 11.2 Å². The van der Waals surface area contributed by atoms with Gasteiger partial charge in [-0.2, -0.15) is 0 Å². The Kier molecular flexibility index (Phi) is 3.99. The van der Waals surface area contributed by atoms with Gasteiger partial charge in [0.2, 0.25) is 0 Å². The summed E-state index contributed by atoms with van der Waals surface area (Å²) in [5.74, 6) is 0.765. The summed E-state index contributed by atoms with van der Waals surface area (Å²) in [7, 11) is 0. The molecule has 2 N–H and O–H groups in total. The van der Waals surface area contributed by atoms with Crippen LogP contribution in [0.4, 0.5) is 5.69 Å². The summed E-state index contributed by atoms with van der Waals surface area (Å²) in [5.41, 5.74) is 9.13. The van der Waals surface area contributed by atoms with Crippen LogP contribution in [0.3, 0.4) is 0 Å². The van der Waals surface area contributed by atoms with Gasteiger partial charge in [-0.1, -0.05) is 23.7 Å². The molecule has 0 amide bonds. The molecule has 0 aliphatic rings. The van der Waals surface area contributed by atoms with Crippen LogP contribution in [0.1, 0.15) is 25.6 Å². The normalized spacial score (nSPS) is 11.3. The maximum Gasteiger partial charge on any atom is 0.128 e. The second-order valence-corrected chi connectivity index (χ2v) is 6.06. The molecular weight excluding hydrogens is 296 g/mol. The Morgan fingerprint density at radius 2 is 1.91 bits per heavy atom. The lowest BCUT2D eigenvalue weighted by Crippen LogP contribution is -2.08. The number of benzene rings is 2. The van der Waals surface area contributed by atoms with Gasteiger partial charge in [-0.3, -0.25) is 0 Å². The molecule has 3 aromatic rings. The molecule has 3 nitrogen and oxygen atoms in total. The van der Waals surface area contributed by atoms with E-state index in [1.807, 2.05) is 36.4 Å². The SMILES string of the molecule is CC(C)n1c(COc2cccc(Cl)c2)cc2c(N)cccc21. The Bertz CT molecular complexity index is 808. The van der Waals surface area contributed by atoms with Gasteiger partial charge in [-0.25, -0.2) is 0 Å². The minimum atomic E-state index is 0.331. The van der Waals surface area contributed by atoms with Gasteiger partial charge in [0.15, 0.2) is 0 Å². The molecule has 1 heterocycles. The van der Waals surface area contributed by atoms with E-state index in [0.29, 0.717) is 17.7 Å². The zero-order chi connectivity index (χ0) is 15.7. The van der Waals surface area contributed by atoms with Gasteiger partial charge < -0.3 is 15.0 Å². The van der Waals surface area contributed by atoms with Gasteiger partial charge in [0, 0.05) is 22.1 Å². The molecule has 22 heavy (non-hydrogen) atoms. The first-order valence-corrected chi connectivity index (χ1v) is 7.70. The molecule has 0 fully saturated rings. The highest BCUT2D eigenvalue weighted by Gasteiger charge is 2.13. The Morgan fingerprint density at radius 1 is 1.14 bits per heavy atom. The minimum Gasteiger partial charge on any atom is -0.487 e. The van der Waals surface area contributed by atoms with Crippen LogP contribution in [-0.4, -0.2) is 4.57 Å². The van der Waals surface area contributed by atoms with Crippen LogP contribution in [-0.2, 0) is 6.61 Å². The molecule has 0 aliphatic heterocycles. The van der Waals surface area contributed by atoms with Gasteiger partial charge in [-0.05, 0) is 50.2 Å². The number of aromatic nitrogens is 1.